The Morgan fingerprint density at radius 3 is 2.33 bits per heavy atom. The van der Waals surface area contributed by atoms with Gasteiger partial charge in [0.05, 0.1) is 0 Å². The van der Waals surface area contributed by atoms with E-state index in [-0.39, 0.29) is 19.7 Å². The Balaban J connectivity index is 0. The zero-order valence-corrected chi connectivity index (χ0v) is 11.7. The average molecular weight is 272 g/mol. The average Bonchev–Trinajstić information content (AvgIpc) is 2.35. The fourth-order valence-electron chi connectivity index (χ4n) is 1.60. The highest BCUT2D eigenvalue weighted by molar-refractivity contribution is 5.94. The number of nitrogens with one attached hydrogen (secondary N) is 1. The molecule has 0 saturated carbocycles. The Morgan fingerprint density at radius 2 is 1.83 bits per heavy atom. The number of nitrogens with zero attached hydrogens (tertiary/aromatic N) is 1. The number of rotatable bonds is 6. The third-order valence-corrected chi connectivity index (χ3v) is 2.78. The summed E-state index contributed by atoms with van der Waals surface area (Å²) < 4.78 is 0. The smallest absolute Gasteiger partial charge is 1.00 e. The maximum atomic E-state index is 11.7. The molecule has 0 heterocycles. The Morgan fingerprint density at radius 1 is 1.28 bits per heavy atom. The van der Waals surface area contributed by atoms with Crippen LogP contribution in [-0.2, 0) is 0 Å². The first-order valence-corrected chi connectivity index (χ1v) is 6.03. The van der Waals surface area contributed by atoms with Crippen LogP contribution in [0.3, 0.4) is 0 Å². The first kappa shape index (κ1) is 16.7. The maximum Gasteiger partial charge on any atom is 1.00 e. The van der Waals surface area contributed by atoms with Gasteiger partial charge in [-0.15, -0.1) is 0 Å². The van der Waals surface area contributed by atoms with Crippen molar-refractivity contribution in [1.29, 1.82) is 0 Å². The number of hydrogen-bond acceptors (Lipinski definition) is 3. The van der Waals surface area contributed by atoms with Crippen molar-refractivity contribution in [3.63, 3.8) is 0 Å². The Hall–Kier alpha value is -1.26. The molecule has 18 heavy (non-hydrogen) atoms. The predicted octanol–water partition coefficient (Wildman–Crippen LogP) is -1.54. The molecule has 0 aliphatic heterocycles. The molecule has 0 aromatic heterocycles. The van der Waals surface area contributed by atoms with Crippen molar-refractivity contribution < 1.29 is 18.6 Å². The van der Waals surface area contributed by atoms with Crippen molar-refractivity contribution >= 4 is 11.6 Å². The predicted molar refractivity (Wildman–Crippen MR) is 72.1 cm³/mol. The number of anilines is 1. The van der Waals surface area contributed by atoms with Crippen LogP contribution in [0.1, 0.15) is 25.6 Å². The lowest BCUT2D eigenvalue weighted by molar-refractivity contribution is -0.0000121. The molecule has 5 heteroatoms. The van der Waals surface area contributed by atoms with E-state index < -0.39 is 0 Å². The third kappa shape index (κ3) is 5.38. The lowest BCUT2D eigenvalue weighted by Crippen LogP contribution is -3.00. The lowest BCUT2D eigenvalue weighted by Gasteiger charge is -2.17. The SMILES string of the molecule is CCN(CC)CCNC(=O)c1ccc(N)cc1.[Cl-].[H+]. The van der Waals surface area contributed by atoms with E-state index in [9.17, 15) is 4.79 Å². The number of nitrogen functional groups attached to an aromatic ring is 1. The minimum Gasteiger partial charge on any atom is -1.00 e. The monoisotopic (exact) mass is 271 g/mol. The summed E-state index contributed by atoms with van der Waals surface area (Å²) in [7, 11) is 0. The van der Waals surface area contributed by atoms with Gasteiger partial charge in [-0.3, -0.25) is 4.79 Å². The molecule has 0 unspecified atom stereocenters. The second kappa shape index (κ2) is 8.78. The number of hydrogen-bond donors (Lipinski definition) is 2. The van der Waals surface area contributed by atoms with Gasteiger partial charge >= 0.3 is 1.43 Å². The molecular weight excluding hydrogens is 250 g/mol. The van der Waals surface area contributed by atoms with Crippen LogP contribution in [0, 0.1) is 0 Å². The van der Waals surface area contributed by atoms with Crippen molar-refractivity contribution in [3.05, 3.63) is 29.8 Å². The van der Waals surface area contributed by atoms with Gasteiger partial charge in [0, 0.05) is 24.3 Å². The van der Waals surface area contributed by atoms with Crippen LogP contribution in [0.2, 0.25) is 0 Å². The van der Waals surface area contributed by atoms with E-state index in [2.05, 4.69) is 24.1 Å². The summed E-state index contributed by atoms with van der Waals surface area (Å²) in [6.45, 7) is 7.80. The van der Waals surface area contributed by atoms with Crippen molar-refractivity contribution in [1.82, 2.24) is 10.2 Å². The molecule has 0 atom stereocenters. The third-order valence-electron chi connectivity index (χ3n) is 2.78. The highest BCUT2D eigenvalue weighted by Gasteiger charge is 2.05. The quantitative estimate of drug-likeness (QED) is 0.617. The van der Waals surface area contributed by atoms with E-state index in [1.165, 1.54) is 0 Å². The maximum absolute atomic E-state index is 11.7. The van der Waals surface area contributed by atoms with Crippen LogP contribution >= 0.6 is 0 Å². The molecule has 0 fully saturated rings. The van der Waals surface area contributed by atoms with Gasteiger partial charge in [0.15, 0.2) is 0 Å². The first-order valence-electron chi connectivity index (χ1n) is 6.03. The van der Waals surface area contributed by atoms with E-state index >= 15 is 0 Å². The van der Waals surface area contributed by atoms with Crippen LogP contribution in [0.4, 0.5) is 5.69 Å². The molecule has 1 aromatic carbocycles. The van der Waals surface area contributed by atoms with E-state index in [0.29, 0.717) is 17.8 Å². The summed E-state index contributed by atoms with van der Waals surface area (Å²) in [5.74, 6) is -0.0443. The largest absolute Gasteiger partial charge is 1.00 e. The van der Waals surface area contributed by atoms with Gasteiger partial charge in [0.25, 0.3) is 5.91 Å². The standard InChI is InChI=1S/C13H21N3O.ClH/c1-3-16(4-2)10-9-15-13(17)11-5-7-12(14)8-6-11;/h5-8H,3-4,9-10,14H2,1-2H3,(H,15,17);1H. The van der Waals surface area contributed by atoms with Crippen molar-refractivity contribution in [2.45, 2.75) is 13.8 Å². The normalized spacial score (nSPS) is 9.94. The molecule has 4 nitrogen and oxygen atoms in total. The van der Waals surface area contributed by atoms with Gasteiger partial charge < -0.3 is 28.4 Å². The molecule has 1 rings (SSSR count). The number of benzene rings is 1. The van der Waals surface area contributed by atoms with E-state index in [1.54, 1.807) is 24.3 Å². The molecule has 0 aliphatic carbocycles. The molecule has 0 bridgehead atoms. The van der Waals surface area contributed by atoms with Crippen LogP contribution in [0.25, 0.3) is 0 Å². The molecule has 0 radical (unpaired) electrons. The second-order valence-corrected chi connectivity index (χ2v) is 3.90. The number of carbonyl (C=O) groups excluding carboxylic acids is 1. The number of carbonyl (C=O) groups is 1. The van der Waals surface area contributed by atoms with E-state index in [4.69, 9.17) is 5.73 Å². The Kier molecular flexibility index (Phi) is 8.16. The molecule has 0 saturated heterocycles. The van der Waals surface area contributed by atoms with E-state index in [0.717, 1.165) is 19.6 Å². The number of halogens is 1. The summed E-state index contributed by atoms with van der Waals surface area (Å²) in [4.78, 5) is 14.0. The Labute approximate surface area is 116 Å². The number of likely N-dealkylation sites (N-methyl/N-ethyl adjacent to an activating group) is 1. The zero-order chi connectivity index (χ0) is 12.7. The topological polar surface area (TPSA) is 58.4 Å². The molecule has 0 spiro atoms. The summed E-state index contributed by atoms with van der Waals surface area (Å²) in [6.07, 6.45) is 0. The van der Waals surface area contributed by atoms with Gasteiger partial charge in [-0.2, -0.15) is 0 Å². The van der Waals surface area contributed by atoms with Crippen LogP contribution < -0.4 is 23.5 Å². The first-order chi connectivity index (χ1) is 8.17. The minimum absolute atomic E-state index is 0. The van der Waals surface area contributed by atoms with Crippen molar-refractivity contribution in [2.24, 2.45) is 0 Å². The van der Waals surface area contributed by atoms with Crippen LogP contribution in [0.5, 0.6) is 0 Å². The van der Waals surface area contributed by atoms with Gasteiger partial charge in [-0.1, -0.05) is 13.8 Å². The van der Waals surface area contributed by atoms with Crippen molar-refractivity contribution in [3.8, 4) is 0 Å². The fourth-order valence-corrected chi connectivity index (χ4v) is 1.60. The van der Waals surface area contributed by atoms with Gasteiger partial charge in [-0.05, 0) is 37.4 Å². The number of nitrogens with two attached hydrogens (primary N) is 1. The zero-order valence-electron chi connectivity index (χ0n) is 11.9. The molecule has 3 N–H and O–H groups in total. The van der Waals surface area contributed by atoms with Gasteiger partial charge in [0.2, 0.25) is 0 Å². The van der Waals surface area contributed by atoms with Gasteiger partial charge in [0.1, 0.15) is 0 Å². The summed E-state index contributed by atoms with van der Waals surface area (Å²) in [5, 5.41) is 2.90. The van der Waals surface area contributed by atoms with Crippen molar-refractivity contribution in [2.75, 3.05) is 31.9 Å². The minimum atomic E-state index is -0.0443. The van der Waals surface area contributed by atoms with Crippen LogP contribution in [-0.4, -0.2) is 37.0 Å². The molecule has 1 amide bonds. The fraction of sp³-hybridized carbons (Fsp3) is 0.462. The second-order valence-electron chi connectivity index (χ2n) is 3.90. The highest BCUT2D eigenvalue weighted by atomic mass is 35.5. The summed E-state index contributed by atoms with van der Waals surface area (Å²) >= 11 is 0. The molecule has 102 valence electrons. The Bertz CT molecular complexity index is 355. The van der Waals surface area contributed by atoms with E-state index in [1.807, 2.05) is 0 Å². The number of amides is 1. The molecular formula is C13H22ClN3O. The van der Waals surface area contributed by atoms with Crippen LogP contribution in [0.15, 0.2) is 24.3 Å². The summed E-state index contributed by atoms with van der Waals surface area (Å²) in [5.41, 5.74) is 6.89. The lowest BCUT2D eigenvalue weighted by atomic mass is 10.2. The van der Waals surface area contributed by atoms with Gasteiger partial charge in [-0.25, -0.2) is 0 Å². The molecule has 0 aliphatic rings. The molecule has 1 aromatic rings. The summed E-state index contributed by atoms with van der Waals surface area (Å²) in [6, 6.07) is 6.95. The highest BCUT2D eigenvalue weighted by Crippen LogP contribution is 2.04.